The molecule has 0 spiro atoms. The Morgan fingerprint density at radius 1 is 1.17 bits per heavy atom. The normalized spacial score (nSPS) is 12.4. The first kappa shape index (κ1) is 22.6. The van der Waals surface area contributed by atoms with Crippen molar-refractivity contribution in [2.24, 2.45) is 5.41 Å². The molecule has 0 aliphatic heterocycles. The van der Waals surface area contributed by atoms with Crippen LogP contribution in [0.5, 0.6) is 5.75 Å². The van der Waals surface area contributed by atoms with Crippen LogP contribution in [-0.4, -0.2) is 33.6 Å². The van der Waals surface area contributed by atoms with E-state index in [1.54, 1.807) is 6.08 Å². The van der Waals surface area contributed by atoms with E-state index in [-0.39, 0.29) is 18.0 Å². The molecule has 1 aromatic carbocycles. The molecule has 0 radical (unpaired) electrons. The number of amides is 1. The maximum absolute atomic E-state index is 12.3. The predicted octanol–water partition coefficient (Wildman–Crippen LogP) is 4.30. The van der Waals surface area contributed by atoms with Crippen molar-refractivity contribution in [3.63, 3.8) is 0 Å². The molecule has 156 valence electrons. The second kappa shape index (κ2) is 9.69. The van der Waals surface area contributed by atoms with E-state index in [9.17, 15) is 14.7 Å². The summed E-state index contributed by atoms with van der Waals surface area (Å²) in [5.41, 5.74) is 2.03. The molecule has 0 fully saturated rings. The minimum absolute atomic E-state index is 0.0937. The Kier molecular flexibility index (Phi) is 7.31. The van der Waals surface area contributed by atoms with Gasteiger partial charge in [-0.15, -0.1) is 0 Å². The number of hydrogen-bond acceptors (Lipinski definition) is 4. The lowest BCUT2D eigenvalue weighted by molar-refractivity contribution is -0.146. The first-order valence-electron chi connectivity index (χ1n) is 9.46. The molecule has 30 heavy (non-hydrogen) atoms. The molecule has 1 amide bonds. The lowest BCUT2D eigenvalue weighted by Gasteiger charge is -2.19. The quantitative estimate of drug-likeness (QED) is 0.568. The van der Waals surface area contributed by atoms with Crippen molar-refractivity contribution in [3.05, 3.63) is 84.2 Å². The molecule has 0 aliphatic rings. The zero-order chi connectivity index (χ0) is 22.3. The van der Waals surface area contributed by atoms with Crippen LogP contribution in [0, 0.1) is 5.41 Å². The molecule has 1 heterocycles. The van der Waals surface area contributed by atoms with Gasteiger partial charge in [-0.2, -0.15) is 0 Å². The summed E-state index contributed by atoms with van der Waals surface area (Å²) >= 11 is 0. The molecule has 0 saturated carbocycles. The third kappa shape index (κ3) is 5.44. The van der Waals surface area contributed by atoms with E-state index in [1.165, 1.54) is 26.1 Å². The van der Waals surface area contributed by atoms with Crippen molar-refractivity contribution >= 4 is 23.0 Å². The van der Waals surface area contributed by atoms with E-state index in [4.69, 9.17) is 5.11 Å². The number of nitrogens with one attached hydrogen (secondary N) is 1. The SMILES string of the molecule is C=C/C(=C\C(=C/C)c1ccccc1)c1cnc(C(=O)NCC(C)(C)C(=O)O)c(O)c1. The summed E-state index contributed by atoms with van der Waals surface area (Å²) in [6.45, 7) is 8.67. The third-order valence-electron chi connectivity index (χ3n) is 4.63. The number of carbonyl (C=O) groups is 2. The minimum Gasteiger partial charge on any atom is -0.505 e. The second-order valence-corrected chi connectivity index (χ2v) is 7.38. The maximum atomic E-state index is 12.3. The fourth-order valence-corrected chi connectivity index (χ4v) is 2.64. The summed E-state index contributed by atoms with van der Waals surface area (Å²) in [6, 6.07) is 11.3. The number of allylic oxidation sites excluding steroid dienone is 5. The highest BCUT2D eigenvalue weighted by Gasteiger charge is 2.28. The summed E-state index contributed by atoms with van der Waals surface area (Å²) in [6.07, 6.45) is 7.02. The number of carbonyl (C=O) groups excluding carboxylic acids is 1. The van der Waals surface area contributed by atoms with Crippen LogP contribution >= 0.6 is 0 Å². The van der Waals surface area contributed by atoms with E-state index >= 15 is 0 Å². The summed E-state index contributed by atoms with van der Waals surface area (Å²) in [5.74, 6) is -1.97. The number of carboxylic acid groups (broad SMARTS) is 1. The van der Waals surface area contributed by atoms with E-state index in [1.807, 2.05) is 49.4 Å². The van der Waals surface area contributed by atoms with Gasteiger partial charge < -0.3 is 15.5 Å². The molecular formula is C24H26N2O4. The smallest absolute Gasteiger partial charge is 0.310 e. The van der Waals surface area contributed by atoms with Crippen molar-refractivity contribution in [1.82, 2.24) is 10.3 Å². The van der Waals surface area contributed by atoms with E-state index in [2.05, 4.69) is 16.9 Å². The number of carboxylic acids is 1. The summed E-state index contributed by atoms with van der Waals surface area (Å²) in [5, 5.41) is 22.0. The van der Waals surface area contributed by atoms with Gasteiger partial charge in [0.1, 0.15) is 5.75 Å². The van der Waals surface area contributed by atoms with Crippen LogP contribution in [0.4, 0.5) is 0 Å². The summed E-state index contributed by atoms with van der Waals surface area (Å²) in [4.78, 5) is 27.6. The molecule has 0 bridgehead atoms. The number of benzene rings is 1. The van der Waals surface area contributed by atoms with Gasteiger partial charge in [0.15, 0.2) is 5.69 Å². The lowest BCUT2D eigenvalue weighted by atomic mass is 9.94. The average molecular weight is 406 g/mol. The van der Waals surface area contributed by atoms with Crippen molar-refractivity contribution in [2.45, 2.75) is 20.8 Å². The van der Waals surface area contributed by atoms with Gasteiger partial charge in [-0.1, -0.05) is 49.1 Å². The average Bonchev–Trinajstić information content (AvgIpc) is 2.73. The Hall–Kier alpha value is -3.67. The topological polar surface area (TPSA) is 99.5 Å². The number of hydrogen-bond donors (Lipinski definition) is 3. The highest BCUT2D eigenvalue weighted by atomic mass is 16.4. The molecule has 0 aliphatic carbocycles. The zero-order valence-corrected chi connectivity index (χ0v) is 17.3. The summed E-state index contributed by atoms with van der Waals surface area (Å²) in [7, 11) is 0. The molecule has 1 aromatic heterocycles. The van der Waals surface area contributed by atoms with Gasteiger partial charge in [0.2, 0.25) is 0 Å². The molecule has 0 unspecified atom stereocenters. The number of pyridine rings is 1. The van der Waals surface area contributed by atoms with Crippen molar-refractivity contribution < 1.29 is 19.8 Å². The standard InChI is InChI=1S/C24H26N2O4/c1-5-16(18-10-8-7-9-11-18)12-17(6-2)19-13-20(27)21(25-14-19)22(28)26-15-24(3,4)23(29)30/h5-14,27H,2,15H2,1,3-4H3,(H,26,28)(H,29,30)/b16-5+,17-12+. The predicted molar refractivity (Wildman–Crippen MR) is 118 cm³/mol. The first-order chi connectivity index (χ1) is 14.2. The van der Waals surface area contributed by atoms with Crippen molar-refractivity contribution in [1.29, 1.82) is 0 Å². The molecule has 3 N–H and O–H groups in total. The Morgan fingerprint density at radius 3 is 2.37 bits per heavy atom. The molecule has 0 saturated heterocycles. The Bertz CT molecular complexity index is 1010. The van der Waals surface area contributed by atoms with Crippen LogP contribution in [-0.2, 0) is 4.79 Å². The Labute approximate surface area is 176 Å². The minimum atomic E-state index is -1.13. The second-order valence-electron chi connectivity index (χ2n) is 7.38. The fraction of sp³-hybridized carbons (Fsp3) is 0.208. The number of rotatable bonds is 8. The van der Waals surface area contributed by atoms with Crippen LogP contribution in [0.3, 0.4) is 0 Å². The third-order valence-corrected chi connectivity index (χ3v) is 4.63. The van der Waals surface area contributed by atoms with Crippen LogP contribution in [0.1, 0.15) is 42.4 Å². The molecule has 6 heteroatoms. The molecule has 6 nitrogen and oxygen atoms in total. The first-order valence-corrected chi connectivity index (χ1v) is 9.46. The van der Waals surface area contributed by atoms with E-state index < -0.39 is 17.3 Å². The maximum Gasteiger partial charge on any atom is 0.310 e. The molecule has 0 atom stereocenters. The van der Waals surface area contributed by atoms with E-state index in [0.29, 0.717) is 5.56 Å². The Balaban J connectivity index is 2.27. The lowest BCUT2D eigenvalue weighted by Crippen LogP contribution is -2.39. The van der Waals surface area contributed by atoms with Crippen LogP contribution in [0.15, 0.2) is 67.4 Å². The Morgan fingerprint density at radius 2 is 1.83 bits per heavy atom. The van der Waals surface area contributed by atoms with Gasteiger partial charge in [0, 0.05) is 18.3 Å². The van der Waals surface area contributed by atoms with Gasteiger partial charge >= 0.3 is 5.97 Å². The number of nitrogens with zero attached hydrogens (tertiary/aromatic N) is 1. The van der Waals surface area contributed by atoms with Crippen molar-refractivity contribution in [3.8, 4) is 5.75 Å². The highest BCUT2D eigenvalue weighted by Crippen LogP contribution is 2.26. The number of aromatic nitrogens is 1. The van der Waals surface area contributed by atoms with Gasteiger partial charge in [-0.25, -0.2) is 4.98 Å². The van der Waals surface area contributed by atoms with Crippen molar-refractivity contribution in [2.75, 3.05) is 6.54 Å². The molecule has 2 aromatic rings. The fourth-order valence-electron chi connectivity index (χ4n) is 2.64. The molecular weight excluding hydrogens is 380 g/mol. The van der Waals surface area contributed by atoms with Crippen LogP contribution in [0.25, 0.3) is 11.1 Å². The highest BCUT2D eigenvalue weighted by molar-refractivity contribution is 5.96. The van der Waals surface area contributed by atoms with Gasteiger partial charge in [-0.3, -0.25) is 9.59 Å². The van der Waals surface area contributed by atoms with Gasteiger partial charge in [0.05, 0.1) is 5.41 Å². The van der Waals surface area contributed by atoms with Gasteiger partial charge in [-0.05, 0) is 49.6 Å². The number of aliphatic carboxylic acids is 1. The largest absolute Gasteiger partial charge is 0.505 e. The van der Waals surface area contributed by atoms with E-state index in [0.717, 1.165) is 16.7 Å². The van der Waals surface area contributed by atoms with Crippen LogP contribution in [0.2, 0.25) is 0 Å². The monoisotopic (exact) mass is 406 g/mol. The molecule has 2 rings (SSSR count). The number of aromatic hydroxyl groups is 1. The zero-order valence-electron chi connectivity index (χ0n) is 17.3. The van der Waals surface area contributed by atoms with Crippen LogP contribution < -0.4 is 5.32 Å². The summed E-state index contributed by atoms with van der Waals surface area (Å²) < 4.78 is 0. The van der Waals surface area contributed by atoms with Gasteiger partial charge in [0.25, 0.3) is 5.91 Å².